The summed E-state index contributed by atoms with van der Waals surface area (Å²) >= 11 is 5.54. The minimum Gasteiger partial charge on any atom is -0.497 e. The Bertz CT molecular complexity index is 310. The van der Waals surface area contributed by atoms with Crippen LogP contribution in [0.4, 0.5) is 0 Å². The van der Waals surface area contributed by atoms with Crippen molar-refractivity contribution in [1.82, 2.24) is 0 Å². The lowest BCUT2D eigenvalue weighted by Gasteiger charge is -1.99. The van der Waals surface area contributed by atoms with Crippen molar-refractivity contribution in [2.45, 2.75) is 0 Å². The summed E-state index contributed by atoms with van der Waals surface area (Å²) in [5.41, 5.74) is 0.646. The summed E-state index contributed by atoms with van der Waals surface area (Å²) in [4.78, 5) is 10.1. The lowest BCUT2D eigenvalue weighted by molar-refractivity contribution is 0.415. The Morgan fingerprint density at radius 2 is 2.00 bits per heavy atom. The second kappa shape index (κ2) is 3.96. The number of rotatable bonds is 2. The maximum absolute atomic E-state index is 10.1. The third kappa shape index (κ3) is 1.88. The minimum absolute atomic E-state index is 0.0812. The number of hydrogen-bond donors (Lipinski definition) is 0. The average Bonchev–Trinajstić information content (AvgIpc) is 2.17. The number of carbonyl (C=O) groups excluding carboxylic acids is 1. The first-order chi connectivity index (χ1) is 5.77. The van der Waals surface area contributed by atoms with E-state index in [-0.39, 0.29) is 5.03 Å². The summed E-state index contributed by atoms with van der Waals surface area (Å²) in [5, 5.41) is 0.0812. The monoisotopic (exact) mass is 182 g/mol. The van der Waals surface area contributed by atoms with Crippen molar-refractivity contribution in [3.8, 4) is 5.75 Å². The summed E-state index contributed by atoms with van der Waals surface area (Å²) in [7, 11) is 1.58. The molecule has 1 rings (SSSR count). The summed E-state index contributed by atoms with van der Waals surface area (Å²) < 4.78 is 4.93. The first-order valence-electron chi connectivity index (χ1n) is 3.33. The lowest BCUT2D eigenvalue weighted by Crippen LogP contribution is -1.82. The third-order valence-corrected chi connectivity index (χ3v) is 1.73. The zero-order valence-corrected chi connectivity index (χ0v) is 7.26. The fourth-order valence-electron chi connectivity index (χ4n) is 0.796. The smallest absolute Gasteiger partial charge is 0.145 e. The molecule has 0 saturated carbocycles. The minimum atomic E-state index is 0.0812. The van der Waals surface area contributed by atoms with Gasteiger partial charge in [0, 0.05) is 5.56 Å². The largest absolute Gasteiger partial charge is 0.497 e. The highest BCUT2D eigenvalue weighted by Gasteiger charge is 1.97. The highest BCUT2D eigenvalue weighted by atomic mass is 35.5. The molecule has 0 unspecified atom stereocenters. The van der Waals surface area contributed by atoms with Crippen LogP contribution in [0.15, 0.2) is 24.3 Å². The molecule has 0 aliphatic heterocycles. The van der Waals surface area contributed by atoms with Gasteiger partial charge in [-0.25, -0.2) is 4.79 Å². The summed E-state index contributed by atoms with van der Waals surface area (Å²) in [6.07, 6.45) is 0. The molecule has 0 N–H and O–H groups in total. The SMILES string of the molecule is COc1ccc(C(Cl)=C=O)cc1. The van der Waals surface area contributed by atoms with Crippen molar-refractivity contribution < 1.29 is 9.53 Å². The molecular formula is C9H7ClO2. The Labute approximate surface area is 75.4 Å². The fourth-order valence-corrected chi connectivity index (χ4v) is 0.922. The van der Waals surface area contributed by atoms with E-state index in [0.717, 1.165) is 5.75 Å². The Morgan fingerprint density at radius 1 is 1.42 bits per heavy atom. The van der Waals surface area contributed by atoms with Gasteiger partial charge in [-0.2, -0.15) is 0 Å². The van der Waals surface area contributed by atoms with Crippen molar-refractivity contribution in [2.24, 2.45) is 0 Å². The van der Waals surface area contributed by atoms with Crippen LogP contribution >= 0.6 is 11.6 Å². The summed E-state index contributed by atoms with van der Waals surface area (Å²) in [6, 6.07) is 6.86. The fraction of sp³-hybridized carbons (Fsp3) is 0.111. The first kappa shape index (κ1) is 8.85. The Balaban J connectivity index is 3.00. The predicted octanol–water partition coefficient (Wildman–Crippen LogP) is 2.11. The van der Waals surface area contributed by atoms with E-state index < -0.39 is 0 Å². The van der Waals surface area contributed by atoms with Gasteiger partial charge in [0.1, 0.15) is 16.7 Å². The van der Waals surface area contributed by atoms with E-state index in [1.165, 1.54) is 0 Å². The van der Waals surface area contributed by atoms with Crippen LogP contribution in [-0.4, -0.2) is 13.1 Å². The molecular weight excluding hydrogens is 176 g/mol. The number of ether oxygens (including phenoxy) is 1. The maximum atomic E-state index is 10.1. The highest BCUT2D eigenvalue weighted by molar-refractivity contribution is 6.53. The standard InChI is InChI=1S/C9H7ClO2/c1-12-8-4-2-7(3-5-8)9(10)6-11/h2-5H,1H3. The van der Waals surface area contributed by atoms with Gasteiger partial charge in [0.2, 0.25) is 0 Å². The Kier molecular flexibility index (Phi) is 2.92. The molecule has 12 heavy (non-hydrogen) atoms. The molecule has 3 heteroatoms. The van der Waals surface area contributed by atoms with Gasteiger partial charge in [-0.05, 0) is 24.3 Å². The van der Waals surface area contributed by atoms with E-state index in [4.69, 9.17) is 16.3 Å². The Morgan fingerprint density at radius 3 is 2.42 bits per heavy atom. The molecule has 0 aliphatic carbocycles. The molecule has 0 heterocycles. The van der Waals surface area contributed by atoms with Gasteiger partial charge in [-0.1, -0.05) is 11.6 Å². The molecule has 0 amide bonds. The molecule has 1 aromatic carbocycles. The van der Waals surface area contributed by atoms with Crippen LogP contribution in [-0.2, 0) is 4.79 Å². The molecule has 0 aromatic heterocycles. The van der Waals surface area contributed by atoms with E-state index in [2.05, 4.69) is 0 Å². The number of halogens is 1. The van der Waals surface area contributed by atoms with Crippen LogP contribution in [0.1, 0.15) is 5.56 Å². The van der Waals surface area contributed by atoms with Gasteiger partial charge in [0.25, 0.3) is 0 Å². The van der Waals surface area contributed by atoms with Crippen LogP contribution in [0.2, 0.25) is 0 Å². The lowest BCUT2D eigenvalue weighted by atomic mass is 10.2. The second-order valence-corrected chi connectivity index (χ2v) is 2.52. The topological polar surface area (TPSA) is 26.3 Å². The normalized spacial score (nSPS) is 8.83. The number of benzene rings is 1. The second-order valence-electron chi connectivity index (χ2n) is 2.14. The Hall–Kier alpha value is -1.24. The van der Waals surface area contributed by atoms with Gasteiger partial charge < -0.3 is 4.74 Å². The van der Waals surface area contributed by atoms with Crippen molar-refractivity contribution >= 4 is 22.6 Å². The molecule has 0 radical (unpaired) electrons. The molecule has 0 fully saturated rings. The van der Waals surface area contributed by atoms with Crippen LogP contribution < -0.4 is 4.74 Å². The summed E-state index contributed by atoms with van der Waals surface area (Å²) in [5.74, 6) is 2.34. The molecule has 0 atom stereocenters. The van der Waals surface area contributed by atoms with Crippen LogP contribution in [0.5, 0.6) is 5.75 Å². The first-order valence-corrected chi connectivity index (χ1v) is 3.70. The van der Waals surface area contributed by atoms with Crippen molar-refractivity contribution in [3.63, 3.8) is 0 Å². The van der Waals surface area contributed by atoms with E-state index in [1.807, 2.05) is 0 Å². The average molecular weight is 183 g/mol. The third-order valence-electron chi connectivity index (χ3n) is 1.43. The van der Waals surface area contributed by atoms with E-state index in [0.29, 0.717) is 5.56 Å². The molecule has 62 valence electrons. The molecule has 0 bridgehead atoms. The number of hydrogen-bond acceptors (Lipinski definition) is 2. The van der Waals surface area contributed by atoms with E-state index in [1.54, 1.807) is 37.3 Å². The van der Waals surface area contributed by atoms with Crippen LogP contribution in [0, 0.1) is 0 Å². The zero-order chi connectivity index (χ0) is 8.97. The molecule has 1 aromatic rings. The van der Waals surface area contributed by atoms with Crippen molar-refractivity contribution in [1.29, 1.82) is 0 Å². The van der Waals surface area contributed by atoms with Gasteiger partial charge >= 0.3 is 0 Å². The molecule has 0 saturated heterocycles. The van der Waals surface area contributed by atoms with Gasteiger partial charge in [-0.3, -0.25) is 0 Å². The molecule has 0 spiro atoms. The van der Waals surface area contributed by atoms with Crippen LogP contribution in [0.3, 0.4) is 0 Å². The van der Waals surface area contributed by atoms with Gasteiger partial charge in [0.15, 0.2) is 0 Å². The quantitative estimate of drug-likeness (QED) is 0.655. The van der Waals surface area contributed by atoms with E-state index in [9.17, 15) is 4.79 Å². The number of methoxy groups -OCH3 is 1. The molecule has 2 nitrogen and oxygen atoms in total. The van der Waals surface area contributed by atoms with Crippen molar-refractivity contribution in [3.05, 3.63) is 29.8 Å². The molecule has 0 aliphatic rings. The van der Waals surface area contributed by atoms with Crippen molar-refractivity contribution in [2.75, 3.05) is 7.11 Å². The summed E-state index contributed by atoms with van der Waals surface area (Å²) in [6.45, 7) is 0. The predicted molar refractivity (Wildman–Crippen MR) is 47.9 cm³/mol. The van der Waals surface area contributed by atoms with Crippen LogP contribution in [0.25, 0.3) is 5.03 Å². The highest BCUT2D eigenvalue weighted by Crippen LogP contribution is 2.18. The zero-order valence-electron chi connectivity index (χ0n) is 6.50. The van der Waals surface area contributed by atoms with E-state index >= 15 is 0 Å². The van der Waals surface area contributed by atoms with Gasteiger partial charge in [-0.15, -0.1) is 0 Å². The maximum Gasteiger partial charge on any atom is 0.145 e. The van der Waals surface area contributed by atoms with Gasteiger partial charge in [0.05, 0.1) is 7.11 Å².